The first-order valence-corrected chi connectivity index (χ1v) is 7.95. The molecule has 0 saturated carbocycles. The Morgan fingerprint density at radius 1 is 1.08 bits per heavy atom. The van der Waals surface area contributed by atoms with E-state index in [1.807, 2.05) is 30.3 Å². The molecule has 5 heteroatoms. The fourth-order valence-electron chi connectivity index (χ4n) is 2.78. The van der Waals surface area contributed by atoms with E-state index >= 15 is 0 Å². The zero-order chi connectivity index (χ0) is 17.3. The van der Waals surface area contributed by atoms with Gasteiger partial charge in [0.25, 0.3) is 0 Å². The topological polar surface area (TPSA) is 24.4 Å². The Bertz CT molecular complexity index is 749. The van der Waals surface area contributed by atoms with Crippen LogP contribution in [0.1, 0.15) is 30.5 Å². The third-order valence-electron chi connectivity index (χ3n) is 4.22. The van der Waals surface area contributed by atoms with Gasteiger partial charge in [0.2, 0.25) is 0 Å². The summed E-state index contributed by atoms with van der Waals surface area (Å²) in [4.78, 5) is 4.80. The van der Waals surface area contributed by atoms with Gasteiger partial charge in [0.1, 0.15) is 0 Å². The van der Waals surface area contributed by atoms with E-state index in [0.29, 0.717) is 23.5 Å². The van der Waals surface area contributed by atoms with Crippen LogP contribution >= 0.6 is 0 Å². The van der Waals surface area contributed by atoms with Crippen LogP contribution in [-0.2, 0) is 6.18 Å². The van der Waals surface area contributed by atoms with Crippen LogP contribution in [0.25, 0.3) is 0 Å². The van der Waals surface area contributed by atoms with Gasteiger partial charge in [-0.25, -0.2) is 0 Å². The number of rotatable bonds is 2. The quantitative estimate of drug-likeness (QED) is 0.823. The molecule has 0 aliphatic carbocycles. The number of anilines is 1. The van der Waals surface area contributed by atoms with Gasteiger partial charge in [0.05, 0.1) is 17.3 Å². The van der Waals surface area contributed by atoms with Gasteiger partial charge in [-0.15, -0.1) is 0 Å². The molecule has 3 rings (SSSR count). The molecule has 1 atom stereocenters. The maximum Gasteiger partial charge on any atom is 0.416 e. The molecule has 0 saturated heterocycles. The van der Waals surface area contributed by atoms with Crippen molar-refractivity contribution in [1.82, 2.24) is 0 Å². The Labute approximate surface area is 139 Å². The van der Waals surface area contributed by atoms with E-state index in [2.05, 4.69) is 19.2 Å². The minimum Gasteiger partial charge on any atom is -0.382 e. The highest BCUT2D eigenvalue weighted by Gasteiger charge is 2.32. The molecule has 1 aliphatic heterocycles. The third kappa shape index (κ3) is 3.30. The van der Waals surface area contributed by atoms with Crippen molar-refractivity contribution in [2.75, 3.05) is 11.9 Å². The van der Waals surface area contributed by atoms with Crippen LogP contribution in [-0.4, -0.2) is 18.3 Å². The summed E-state index contributed by atoms with van der Waals surface area (Å²) in [7, 11) is 0. The Morgan fingerprint density at radius 2 is 1.79 bits per heavy atom. The first kappa shape index (κ1) is 16.6. The molecule has 0 radical (unpaired) electrons. The molecular weight excluding hydrogens is 313 g/mol. The van der Waals surface area contributed by atoms with Crippen molar-refractivity contribution in [2.45, 2.75) is 26.1 Å². The van der Waals surface area contributed by atoms with Crippen molar-refractivity contribution in [2.24, 2.45) is 10.9 Å². The molecule has 1 aliphatic rings. The van der Waals surface area contributed by atoms with Crippen molar-refractivity contribution in [3.8, 4) is 0 Å². The van der Waals surface area contributed by atoms with Crippen molar-refractivity contribution in [1.29, 1.82) is 0 Å². The second-order valence-corrected chi connectivity index (χ2v) is 6.29. The lowest BCUT2D eigenvalue weighted by molar-refractivity contribution is -0.137. The summed E-state index contributed by atoms with van der Waals surface area (Å²) < 4.78 is 39.4. The lowest BCUT2D eigenvalue weighted by Crippen LogP contribution is -2.22. The smallest absolute Gasteiger partial charge is 0.382 e. The van der Waals surface area contributed by atoms with Crippen LogP contribution < -0.4 is 5.32 Å². The molecule has 1 N–H and O–H groups in total. The number of benzene rings is 2. The SMILES string of the molecule is CC(C)[C@H]1CNc2ccc(C(F)(F)F)cc2C(c2ccccc2)=N1. The van der Waals surface area contributed by atoms with E-state index in [4.69, 9.17) is 4.99 Å². The number of alkyl halides is 3. The van der Waals surface area contributed by atoms with Gasteiger partial charge in [0.15, 0.2) is 0 Å². The highest BCUT2D eigenvalue weighted by Crippen LogP contribution is 2.34. The molecule has 1 heterocycles. The van der Waals surface area contributed by atoms with E-state index in [9.17, 15) is 13.2 Å². The van der Waals surface area contributed by atoms with E-state index in [-0.39, 0.29) is 12.0 Å². The van der Waals surface area contributed by atoms with E-state index in [1.54, 1.807) is 0 Å². The molecule has 126 valence electrons. The van der Waals surface area contributed by atoms with Crippen LogP contribution in [0.15, 0.2) is 53.5 Å². The molecule has 24 heavy (non-hydrogen) atoms. The fraction of sp³-hybridized carbons (Fsp3) is 0.316. The molecule has 0 amide bonds. The standard InChI is InChI=1S/C19H19F3N2/c1-12(2)17-11-23-16-9-8-14(19(20,21)22)10-15(16)18(24-17)13-6-4-3-5-7-13/h3-10,12,17,23H,11H2,1-2H3/t17-/m1/s1. The van der Waals surface area contributed by atoms with Crippen LogP contribution in [0.5, 0.6) is 0 Å². The lowest BCUT2D eigenvalue weighted by Gasteiger charge is -2.16. The number of nitrogens with one attached hydrogen (secondary N) is 1. The highest BCUT2D eigenvalue weighted by atomic mass is 19.4. The van der Waals surface area contributed by atoms with E-state index in [1.165, 1.54) is 12.1 Å². The largest absolute Gasteiger partial charge is 0.416 e. The minimum atomic E-state index is -4.37. The fourth-order valence-corrected chi connectivity index (χ4v) is 2.78. The Kier molecular flexibility index (Phi) is 4.35. The van der Waals surface area contributed by atoms with Gasteiger partial charge in [-0.1, -0.05) is 44.2 Å². The predicted molar refractivity (Wildman–Crippen MR) is 90.6 cm³/mol. The first-order chi connectivity index (χ1) is 11.4. The van der Waals surface area contributed by atoms with Gasteiger partial charge in [-0.3, -0.25) is 4.99 Å². The Hall–Kier alpha value is -2.30. The van der Waals surface area contributed by atoms with Gasteiger partial charge in [-0.05, 0) is 24.1 Å². The third-order valence-corrected chi connectivity index (χ3v) is 4.22. The maximum atomic E-state index is 13.1. The van der Waals surface area contributed by atoms with E-state index in [0.717, 1.165) is 11.6 Å². The zero-order valence-electron chi connectivity index (χ0n) is 13.6. The molecule has 2 aromatic carbocycles. The number of nitrogens with zero attached hydrogens (tertiary/aromatic N) is 1. The molecule has 2 aromatic rings. The summed E-state index contributed by atoms with van der Waals surface area (Å²) in [5, 5.41) is 3.25. The normalized spacial score (nSPS) is 17.8. The maximum absolute atomic E-state index is 13.1. The van der Waals surface area contributed by atoms with Crippen LogP contribution in [0.4, 0.5) is 18.9 Å². The second-order valence-electron chi connectivity index (χ2n) is 6.29. The highest BCUT2D eigenvalue weighted by molar-refractivity contribution is 6.16. The van der Waals surface area contributed by atoms with Crippen molar-refractivity contribution >= 4 is 11.4 Å². The summed E-state index contributed by atoms with van der Waals surface area (Å²) >= 11 is 0. The summed E-state index contributed by atoms with van der Waals surface area (Å²) in [6.45, 7) is 4.73. The summed E-state index contributed by atoms with van der Waals surface area (Å²) in [6, 6.07) is 13.2. The minimum absolute atomic E-state index is 0.00180. The van der Waals surface area contributed by atoms with E-state index < -0.39 is 11.7 Å². The number of halogens is 3. The first-order valence-electron chi connectivity index (χ1n) is 7.95. The Morgan fingerprint density at radius 3 is 2.42 bits per heavy atom. The van der Waals surface area contributed by atoms with Crippen molar-refractivity contribution in [3.63, 3.8) is 0 Å². The molecule has 2 nitrogen and oxygen atoms in total. The number of aliphatic imine (C=N–C) groups is 1. The number of benzodiazepines with no additional fused rings is 1. The number of fused-ring (bicyclic) bond motifs is 1. The van der Waals surface area contributed by atoms with Crippen molar-refractivity contribution in [3.05, 3.63) is 65.2 Å². The van der Waals surface area contributed by atoms with Gasteiger partial charge in [0, 0.05) is 23.4 Å². The zero-order valence-corrected chi connectivity index (χ0v) is 13.6. The number of hydrogen-bond acceptors (Lipinski definition) is 2. The van der Waals surface area contributed by atoms with Gasteiger partial charge in [-0.2, -0.15) is 13.2 Å². The summed E-state index contributed by atoms with van der Waals surface area (Å²) in [6.07, 6.45) is -4.37. The molecule has 0 aromatic heterocycles. The lowest BCUT2D eigenvalue weighted by atomic mass is 9.98. The average molecular weight is 332 g/mol. The molecule has 0 unspecified atom stereocenters. The molecule has 0 spiro atoms. The monoisotopic (exact) mass is 332 g/mol. The molecule has 0 bridgehead atoms. The van der Waals surface area contributed by atoms with Crippen molar-refractivity contribution < 1.29 is 13.2 Å². The van der Waals surface area contributed by atoms with Crippen LogP contribution in [0.3, 0.4) is 0 Å². The Balaban J connectivity index is 2.18. The average Bonchev–Trinajstić information content (AvgIpc) is 2.74. The van der Waals surface area contributed by atoms with Crippen LogP contribution in [0.2, 0.25) is 0 Å². The summed E-state index contributed by atoms with van der Waals surface area (Å²) in [5.41, 5.74) is 1.97. The number of hydrogen-bond donors (Lipinski definition) is 1. The summed E-state index contributed by atoms with van der Waals surface area (Å²) in [5.74, 6) is 0.285. The van der Waals surface area contributed by atoms with Gasteiger partial charge >= 0.3 is 6.18 Å². The molecular formula is C19H19F3N2. The predicted octanol–water partition coefficient (Wildman–Crippen LogP) is 4.99. The second kappa shape index (κ2) is 6.30. The molecule has 0 fully saturated rings. The van der Waals surface area contributed by atoms with Gasteiger partial charge < -0.3 is 5.32 Å². The van der Waals surface area contributed by atoms with Crippen LogP contribution in [0, 0.1) is 5.92 Å².